The Labute approximate surface area is 284 Å². The Bertz CT molecular complexity index is 1810. The summed E-state index contributed by atoms with van der Waals surface area (Å²) < 4.78 is 0. The molecule has 0 bridgehead atoms. The third-order valence-electron chi connectivity index (χ3n) is 8.05. The predicted octanol–water partition coefficient (Wildman–Crippen LogP) is 5.04. The molecule has 0 aliphatic heterocycles. The molecule has 1 unspecified atom stereocenters. The van der Waals surface area contributed by atoms with Gasteiger partial charge in [-0.05, 0) is 45.9 Å². The normalized spacial score (nSPS) is 13.3. The second-order valence-corrected chi connectivity index (χ2v) is 11.6. The SMILES string of the molecule is CCCCC1=Cc2c(-c3cccc4ccccc34)cccc2C1c1cccc2c1[cH-]c1ccccc12.C[Si]C.[Cl-].[Cl-].[Zr+3]. The van der Waals surface area contributed by atoms with Gasteiger partial charge in [-0.1, -0.05) is 141 Å². The molecule has 209 valence electrons. The molecule has 1 aliphatic carbocycles. The molecule has 1 atom stereocenters. The first-order valence-corrected chi connectivity index (χ1v) is 16.2. The molecule has 0 spiro atoms. The Hall–Kier alpha value is -2.35. The molecule has 3 radical (unpaired) electrons. The molecule has 0 saturated heterocycles. The van der Waals surface area contributed by atoms with E-state index >= 15 is 0 Å². The Morgan fingerprint density at radius 3 is 2.05 bits per heavy atom. The van der Waals surface area contributed by atoms with Crippen LogP contribution in [-0.2, 0) is 26.2 Å². The van der Waals surface area contributed by atoms with Gasteiger partial charge in [-0.3, -0.25) is 0 Å². The summed E-state index contributed by atoms with van der Waals surface area (Å²) in [5.74, 6) is 0.307. The average molecular weight is 682 g/mol. The van der Waals surface area contributed by atoms with E-state index in [1.54, 1.807) is 5.57 Å². The number of hydrogen-bond donors (Lipinski definition) is 0. The summed E-state index contributed by atoms with van der Waals surface area (Å²) in [5.41, 5.74) is 8.52. The zero-order valence-corrected chi connectivity index (χ0v) is 29.4. The van der Waals surface area contributed by atoms with Gasteiger partial charge < -0.3 is 24.8 Å². The van der Waals surface area contributed by atoms with Crippen LogP contribution in [0.3, 0.4) is 0 Å². The van der Waals surface area contributed by atoms with Crippen molar-refractivity contribution in [2.45, 2.75) is 45.2 Å². The maximum absolute atomic E-state index is 2.52. The van der Waals surface area contributed by atoms with E-state index in [9.17, 15) is 0 Å². The van der Waals surface area contributed by atoms with Gasteiger partial charge in [0.1, 0.15) is 0 Å². The fourth-order valence-electron chi connectivity index (χ4n) is 6.38. The van der Waals surface area contributed by atoms with Crippen molar-refractivity contribution in [3.8, 4) is 11.1 Å². The molecular formula is C38H35Cl2SiZr. The van der Waals surface area contributed by atoms with E-state index in [1.165, 1.54) is 73.0 Å². The standard InChI is InChI=1S/C36H29.C2H6Si.2ClH.Zr/c1-2-3-11-26-23-35-31(29-17-8-14-24-12-4-6-15-27(24)29)19-10-21-33(35)36(26)32-20-9-18-30-28-16-7-5-13-25(28)22-34(30)32;1-3-2;;;/h4-10,12-23,36H,2-3,11H2,1H3;1-2H3;2*1H;/q-1;;;;+3/p-2. The first-order valence-electron chi connectivity index (χ1n) is 14.2. The third kappa shape index (κ3) is 6.29. The summed E-state index contributed by atoms with van der Waals surface area (Å²) in [4.78, 5) is 0. The molecule has 7 rings (SSSR count). The summed E-state index contributed by atoms with van der Waals surface area (Å²) >= 11 is 0. The zero-order valence-electron chi connectivity index (χ0n) is 24.4. The molecule has 6 aromatic carbocycles. The minimum absolute atomic E-state index is 0. The van der Waals surface area contributed by atoms with Crippen LogP contribution in [0, 0.1) is 0 Å². The van der Waals surface area contributed by atoms with Gasteiger partial charge in [0.05, 0.1) is 0 Å². The number of unbranched alkanes of at least 4 members (excludes halogenated alkanes) is 1. The topological polar surface area (TPSA) is 0 Å². The number of halogens is 2. The van der Waals surface area contributed by atoms with Gasteiger partial charge in [-0.15, -0.1) is 33.7 Å². The van der Waals surface area contributed by atoms with Crippen LogP contribution in [0.25, 0.3) is 49.5 Å². The monoisotopic (exact) mass is 679 g/mol. The van der Waals surface area contributed by atoms with Crippen molar-refractivity contribution < 1.29 is 51.0 Å². The Morgan fingerprint density at radius 2 is 1.26 bits per heavy atom. The van der Waals surface area contributed by atoms with Crippen molar-refractivity contribution in [1.29, 1.82) is 0 Å². The minimum Gasteiger partial charge on any atom is -1.00 e. The molecule has 0 nitrogen and oxygen atoms in total. The van der Waals surface area contributed by atoms with Gasteiger partial charge in [0.15, 0.2) is 0 Å². The van der Waals surface area contributed by atoms with Crippen LogP contribution in [0.5, 0.6) is 0 Å². The van der Waals surface area contributed by atoms with Gasteiger partial charge >= 0.3 is 26.2 Å². The Morgan fingerprint density at radius 1 is 0.667 bits per heavy atom. The van der Waals surface area contributed by atoms with Crippen molar-refractivity contribution >= 4 is 47.9 Å². The van der Waals surface area contributed by atoms with E-state index in [1.807, 2.05) is 0 Å². The molecule has 4 heteroatoms. The van der Waals surface area contributed by atoms with Crippen molar-refractivity contribution in [3.05, 3.63) is 131 Å². The van der Waals surface area contributed by atoms with E-state index in [2.05, 4.69) is 135 Å². The Balaban J connectivity index is 0.000000776. The summed E-state index contributed by atoms with van der Waals surface area (Å²) in [6, 6.07) is 40.5. The van der Waals surface area contributed by atoms with Crippen molar-refractivity contribution in [2.24, 2.45) is 0 Å². The quantitative estimate of drug-likeness (QED) is 0.177. The van der Waals surface area contributed by atoms with Crippen LogP contribution in [-0.4, -0.2) is 9.52 Å². The van der Waals surface area contributed by atoms with E-state index in [-0.39, 0.29) is 51.0 Å². The molecule has 0 amide bonds. The molecule has 0 aromatic heterocycles. The second-order valence-electron chi connectivity index (χ2n) is 10.6. The largest absolute Gasteiger partial charge is 3.00 e. The molecule has 0 saturated carbocycles. The maximum Gasteiger partial charge on any atom is 3.00 e. The van der Waals surface area contributed by atoms with Crippen LogP contribution in [0.1, 0.15) is 48.8 Å². The fourth-order valence-corrected chi connectivity index (χ4v) is 6.38. The van der Waals surface area contributed by atoms with Crippen LogP contribution in [0.15, 0.2) is 115 Å². The van der Waals surface area contributed by atoms with Crippen molar-refractivity contribution in [3.63, 3.8) is 0 Å². The van der Waals surface area contributed by atoms with Crippen LogP contribution in [0.4, 0.5) is 0 Å². The first-order chi connectivity index (χ1) is 19.2. The van der Waals surface area contributed by atoms with Crippen LogP contribution >= 0.6 is 0 Å². The minimum atomic E-state index is 0. The van der Waals surface area contributed by atoms with E-state index < -0.39 is 0 Å². The average Bonchev–Trinajstić information content (AvgIpc) is 3.54. The second kappa shape index (κ2) is 15.4. The van der Waals surface area contributed by atoms with Gasteiger partial charge in [0.25, 0.3) is 0 Å². The number of benzene rings is 5. The number of rotatable bonds is 5. The predicted molar refractivity (Wildman–Crippen MR) is 173 cm³/mol. The number of fused-ring (bicyclic) bond motifs is 5. The summed E-state index contributed by atoms with van der Waals surface area (Å²) in [6.07, 6.45) is 6.09. The van der Waals surface area contributed by atoms with E-state index in [4.69, 9.17) is 0 Å². The third-order valence-corrected chi connectivity index (χ3v) is 8.05. The van der Waals surface area contributed by atoms with Gasteiger partial charge in [-0.2, -0.15) is 0 Å². The molecule has 0 heterocycles. The van der Waals surface area contributed by atoms with E-state index in [0.717, 1.165) is 15.9 Å². The van der Waals surface area contributed by atoms with Crippen LogP contribution in [0.2, 0.25) is 13.1 Å². The van der Waals surface area contributed by atoms with Gasteiger partial charge in [-0.25, -0.2) is 0 Å². The molecule has 42 heavy (non-hydrogen) atoms. The number of hydrogen-bond acceptors (Lipinski definition) is 0. The maximum atomic E-state index is 2.52. The molecule has 0 N–H and O–H groups in total. The molecular weight excluding hydrogens is 647 g/mol. The summed E-state index contributed by atoms with van der Waals surface area (Å²) in [6.45, 7) is 6.60. The molecule has 6 aromatic rings. The fraction of sp³-hybridized carbons (Fsp3) is 0.184. The molecule has 0 fully saturated rings. The van der Waals surface area contributed by atoms with Crippen LogP contribution < -0.4 is 24.8 Å². The van der Waals surface area contributed by atoms with Crippen molar-refractivity contribution in [1.82, 2.24) is 0 Å². The van der Waals surface area contributed by atoms with Gasteiger partial charge in [0.2, 0.25) is 0 Å². The summed E-state index contributed by atoms with van der Waals surface area (Å²) in [5, 5.41) is 8.08. The number of allylic oxidation sites excluding steroid dienone is 1. The van der Waals surface area contributed by atoms with E-state index in [0.29, 0.717) is 5.92 Å². The molecule has 1 aliphatic rings. The van der Waals surface area contributed by atoms with Gasteiger partial charge in [0, 0.05) is 15.4 Å². The smallest absolute Gasteiger partial charge is 1.00 e. The first kappa shape index (κ1) is 34.1. The summed E-state index contributed by atoms with van der Waals surface area (Å²) in [7, 11) is 1.08. The van der Waals surface area contributed by atoms with Crippen molar-refractivity contribution in [2.75, 3.05) is 0 Å². The zero-order chi connectivity index (χ0) is 26.8. The Kier molecular flexibility index (Phi) is 12.5.